The van der Waals surface area contributed by atoms with Gasteiger partial charge in [0.2, 0.25) is 17.5 Å². The maximum Gasteiger partial charge on any atom is 0.239 e. The summed E-state index contributed by atoms with van der Waals surface area (Å²) in [5.74, 6) is -1.53. The molecule has 21 heavy (non-hydrogen) atoms. The number of Topliss-reactive ketones (excluding diaryl/α,β-unsaturated/α-hetero) is 2. The average molecular weight is 285 g/mol. The van der Waals surface area contributed by atoms with E-state index >= 15 is 0 Å². The van der Waals surface area contributed by atoms with Gasteiger partial charge in [-0.3, -0.25) is 14.4 Å². The van der Waals surface area contributed by atoms with Crippen LogP contribution in [0.1, 0.15) is 32.3 Å². The summed E-state index contributed by atoms with van der Waals surface area (Å²) in [4.78, 5) is 37.2. The number of nitrogens with one attached hydrogen (secondary N) is 1. The molecule has 2 saturated carbocycles. The lowest BCUT2D eigenvalue weighted by molar-refractivity contribution is -0.147. The number of carbonyl (C=O) groups is 3. The van der Waals surface area contributed by atoms with E-state index in [1.54, 1.807) is 0 Å². The second kappa shape index (κ2) is 4.26. The van der Waals surface area contributed by atoms with Crippen LogP contribution in [0.15, 0.2) is 24.3 Å². The van der Waals surface area contributed by atoms with E-state index in [9.17, 15) is 14.4 Å². The Kier molecular flexibility index (Phi) is 2.84. The molecule has 3 rings (SSSR count). The van der Waals surface area contributed by atoms with Crippen LogP contribution in [0.25, 0.3) is 0 Å². The van der Waals surface area contributed by atoms with Crippen molar-refractivity contribution in [1.29, 1.82) is 0 Å². The van der Waals surface area contributed by atoms with Crippen LogP contribution >= 0.6 is 0 Å². The minimum absolute atomic E-state index is 0.311. The van der Waals surface area contributed by atoms with Gasteiger partial charge in [0.05, 0.1) is 0 Å². The molecule has 4 nitrogen and oxygen atoms in total. The van der Waals surface area contributed by atoms with E-state index in [-0.39, 0.29) is 17.6 Å². The lowest BCUT2D eigenvalue weighted by atomic mass is 9.68. The highest BCUT2D eigenvalue weighted by Gasteiger charge is 2.72. The number of carbonyl (C=O) groups excluding carboxylic acids is 3. The first-order valence-corrected chi connectivity index (χ1v) is 7.27. The van der Waals surface area contributed by atoms with Crippen molar-refractivity contribution in [1.82, 2.24) is 0 Å². The number of benzene rings is 1. The molecule has 2 unspecified atom stereocenters. The Morgan fingerprint density at radius 3 is 2.33 bits per heavy atom. The van der Waals surface area contributed by atoms with E-state index in [1.165, 1.54) is 0 Å². The van der Waals surface area contributed by atoms with Crippen molar-refractivity contribution in [2.45, 2.75) is 33.6 Å². The van der Waals surface area contributed by atoms with E-state index in [1.807, 2.05) is 45.0 Å². The molecule has 0 aromatic heterocycles. The third-order valence-corrected chi connectivity index (χ3v) is 5.40. The number of rotatable bonds is 2. The molecule has 2 fully saturated rings. The molecule has 1 N–H and O–H groups in total. The number of fused-ring (bicyclic) bond motifs is 2. The summed E-state index contributed by atoms with van der Waals surface area (Å²) in [5.41, 5.74) is -0.0406. The third kappa shape index (κ3) is 1.65. The van der Waals surface area contributed by atoms with Gasteiger partial charge in [0.25, 0.3) is 0 Å². The Bertz CT molecular complexity index is 645. The van der Waals surface area contributed by atoms with E-state index in [4.69, 9.17) is 0 Å². The summed E-state index contributed by atoms with van der Waals surface area (Å²) >= 11 is 0. The van der Waals surface area contributed by atoms with Gasteiger partial charge in [-0.15, -0.1) is 0 Å². The van der Waals surface area contributed by atoms with Crippen molar-refractivity contribution in [3.05, 3.63) is 29.8 Å². The first-order chi connectivity index (χ1) is 9.80. The van der Waals surface area contributed by atoms with Gasteiger partial charge in [-0.05, 0) is 37.3 Å². The van der Waals surface area contributed by atoms with Gasteiger partial charge in [-0.1, -0.05) is 31.5 Å². The summed E-state index contributed by atoms with van der Waals surface area (Å²) in [6.07, 6.45) is 1.09. The highest BCUT2D eigenvalue weighted by atomic mass is 16.2. The van der Waals surface area contributed by atoms with Crippen LogP contribution in [-0.2, 0) is 14.4 Å². The van der Waals surface area contributed by atoms with Crippen molar-refractivity contribution in [2.75, 3.05) is 5.32 Å². The van der Waals surface area contributed by atoms with Crippen LogP contribution in [0.2, 0.25) is 0 Å². The van der Waals surface area contributed by atoms with Gasteiger partial charge in [0.15, 0.2) is 0 Å². The number of ketones is 2. The largest absolute Gasteiger partial charge is 0.325 e. The average Bonchev–Trinajstić information content (AvgIpc) is 2.78. The molecule has 0 saturated heterocycles. The Morgan fingerprint density at radius 1 is 1.19 bits per heavy atom. The molecular formula is C17H19NO3. The molecule has 110 valence electrons. The van der Waals surface area contributed by atoms with E-state index in [0.717, 1.165) is 5.56 Å². The van der Waals surface area contributed by atoms with Crippen LogP contribution in [0.4, 0.5) is 5.69 Å². The van der Waals surface area contributed by atoms with Crippen molar-refractivity contribution in [2.24, 2.45) is 16.7 Å². The Morgan fingerprint density at radius 2 is 1.81 bits per heavy atom. The molecule has 2 atom stereocenters. The van der Waals surface area contributed by atoms with Crippen molar-refractivity contribution in [3.8, 4) is 0 Å². The Labute approximate surface area is 123 Å². The van der Waals surface area contributed by atoms with E-state index in [2.05, 4.69) is 5.32 Å². The van der Waals surface area contributed by atoms with Crippen molar-refractivity contribution in [3.63, 3.8) is 0 Å². The van der Waals surface area contributed by atoms with Gasteiger partial charge in [0.1, 0.15) is 5.41 Å². The SMILES string of the molecule is Cc1ccc(NC(=O)C23CCC(C(=O)C2=O)C3(C)C)cc1. The number of amides is 1. The Hall–Kier alpha value is -1.97. The van der Waals surface area contributed by atoms with Crippen LogP contribution < -0.4 is 5.32 Å². The summed E-state index contributed by atoms with van der Waals surface area (Å²) in [5, 5.41) is 2.82. The number of anilines is 1. The predicted octanol–water partition coefficient (Wildman–Crippen LogP) is 2.51. The topological polar surface area (TPSA) is 63.2 Å². The highest BCUT2D eigenvalue weighted by Crippen LogP contribution is 2.62. The zero-order chi connectivity index (χ0) is 15.4. The fourth-order valence-electron chi connectivity index (χ4n) is 3.96. The maximum absolute atomic E-state index is 12.8. The first kappa shape index (κ1) is 14.0. The molecule has 2 aliphatic carbocycles. The molecular weight excluding hydrogens is 266 g/mol. The number of aryl methyl sites for hydroxylation is 1. The lowest BCUT2D eigenvalue weighted by Gasteiger charge is -2.33. The molecule has 2 aliphatic rings. The predicted molar refractivity (Wildman–Crippen MR) is 78.8 cm³/mol. The highest BCUT2D eigenvalue weighted by molar-refractivity contribution is 6.48. The minimum atomic E-state index is -1.19. The second-order valence-electron chi connectivity index (χ2n) is 6.73. The summed E-state index contributed by atoms with van der Waals surface area (Å²) in [6.45, 7) is 5.69. The van der Waals surface area contributed by atoms with Crippen LogP contribution in [-0.4, -0.2) is 17.5 Å². The standard InChI is InChI=1S/C17H19NO3/c1-10-4-6-11(7-5-10)18-15(21)17-9-8-12(16(17,2)3)13(19)14(17)20/h4-7,12H,8-9H2,1-3H3,(H,18,21). The normalized spacial score (nSPS) is 29.8. The van der Waals surface area contributed by atoms with Crippen molar-refractivity contribution >= 4 is 23.2 Å². The molecule has 1 amide bonds. The zero-order valence-electron chi connectivity index (χ0n) is 12.5. The van der Waals surface area contributed by atoms with Gasteiger partial charge in [-0.2, -0.15) is 0 Å². The number of hydrogen-bond acceptors (Lipinski definition) is 3. The van der Waals surface area contributed by atoms with E-state index in [0.29, 0.717) is 18.5 Å². The molecule has 0 spiro atoms. The first-order valence-electron chi connectivity index (χ1n) is 7.27. The van der Waals surface area contributed by atoms with Crippen LogP contribution in [0, 0.1) is 23.7 Å². The fourth-order valence-corrected chi connectivity index (χ4v) is 3.96. The van der Waals surface area contributed by atoms with Crippen LogP contribution in [0.5, 0.6) is 0 Å². The Balaban J connectivity index is 1.95. The summed E-state index contributed by atoms with van der Waals surface area (Å²) in [6, 6.07) is 7.42. The zero-order valence-corrected chi connectivity index (χ0v) is 12.5. The van der Waals surface area contributed by atoms with Crippen LogP contribution in [0.3, 0.4) is 0 Å². The fraction of sp³-hybridized carbons (Fsp3) is 0.471. The molecule has 4 heteroatoms. The van der Waals surface area contributed by atoms with E-state index < -0.39 is 16.6 Å². The van der Waals surface area contributed by atoms with Gasteiger partial charge >= 0.3 is 0 Å². The maximum atomic E-state index is 12.8. The van der Waals surface area contributed by atoms with Crippen molar-refractivity contribution < 1.29 is 14.4 Å². The van der Waals surface area contributed by atoms with Gasteiger partial charge < -0.3 is 5.32 Å². The third-order valence-electron chi connectivity index (χ3n) is 5.40. The molecule has 0 aliphatic heterocycles. The van der Waals surface area contributed by atoms with Gasteiger partial charge in [0, 0.05) is 11.6 Å². The van der Waals surface area contributed by atoms with Gasteiger partial charge in [-0.25, -0.2) is 0 Å². The molecule has 1 aromatic carbocycles. The summed E-state index contributed by atoms with van der Waals surface area (Å²) < 4.78 is 0. The second-order valence-corrected chi connectivity index (χ2v) is 6.73. The quantitative estimate of drug-likeness (QED) is 0.671. The monoisotopic (exact) mass is 285 g/mol. The smallest absolute Gasteiger partial charge is 0.239 e. The molecule has 2 bridgehead atoms. The molecule has 0 radical (unpaired) electrons. The number of hydrogen-bond donors (Lipinski definition) is 1. The summed E-state index contributed by atoms with van der Waals surface area (Å²) in [7, 11) is 0. The molecule has 0 heterocycles. The molecule has 1 aromatic rings. The lowest BCUT2D eigenvalue weighted by Crippen LogP contribution is -2.47. The minimum Gasteiger partial charge on any atom is -0.325 e.